The minimum atomic E-state index is -0.646. The van der Waals surface area contributed by atoms with Crippen LogP contribution in [0.25, 0.3) is 0 Å². The molecule has 4 nitrogen and oxygen atoms in total. The molecule has 0 saturated heterocycles. The molecule has 0 rings (SSSR count). The fourth-order valence-electron chi connectivity index (χ4n) is 0.0874. The Morgan fingerprint density at radius 3 is 2.43 bits per heavy atom. The van der Waals surface area contributed by atoms with Crippen LogP contribution in [0.1, 0.15) is 6.92 Å². The average molecular weight is 102 g/mol. The number of rotatable bonds is 2. The zero-order valence-corrected chi connectivity index (χ0v) is 3.71. The molecule has 0 aromatic heterocycles. The molecule has 5 heteroatoms. The molecule has 0 aromatic carbocycles. The fourth-order valence-corrected chi connectivity index (χ4v) is 0.0874. The molecule has 0 radical (unpaired) electrons. The van der Waals surface area contributed by atoms with Crippen molar-refractivity contribution in [3.63, 3.8) is 0 Å². The third-order valence-electron chi connectivity index (χ3n) is 0.205. The Bertz CT molecular complexity index is 79.8. The Labute approximate surface area is 40.6 Å². The van der Waals surface area contributed by atoms with Crippen molar-refractivity contribution in [2.45, 2.75) is 6.92 Å². The van der Waals surface area contributed by atoms with Crippen molar-refractivity contribution in [3.8, 4) is 0 Å². The summed E-state index contributed by atoms with van der Waals surface area (Å²) < 4.78 is 9.21. The summed E-state index contributed by atoms with van der Waals surface area (Å²) >= 11 is 0. The van der Waals surface area contributed by atoms with Crippen molar-refractivity contribution in [1.29, 1.82) is 0 Å². The predicted octanol–water partition coefficient (Wildman–Crippen LogP) is -0.554. The maximum atomic E-state index is 9.70. The van der Waals surface area contributed by atoms with E-state index in [0.717, 1.165) is 6.92 Å². The van der Waals surface area contributed by atoms with E-state index in [1.807, 2.05) is 0 Å². The molecule has 0 bridgehead atoms. The zero-order chi connectivity index (χ0) is 5.70. The minimum absolute atomic E-state index is 0.0292. The molecule has 0 spiro atoms. The van der Waals surface area contributed by atoms with Gasteiger partial charge in [0.05, 0.1) is 0 Å². The summed E-state index contributed by atoms with van der Waals surface area (Å²) in [5, 5.41) is 0. The third-order valence-corrected chi connectivity index (χ3v) is 0.205. The molecule has 0 saturated carbocycles. The average Bonchev–Trinajstić information content (AvgIpc) is 1.61. The third kappa shape index (κ3) is 5.13. The molecule has 0 fully saturated rings. The summed E-state index contributed by atoms with van der Waals surface area (Å²) in [7, 11) is 0.0292. The van der Waals surface area contributed by atoms with Crippen molar-refractivity contribution < 1.29 is 19.2 Å². The first-order valence-electron chi connectivity index (χ1n) is 1.55. The molecule has 0 unspecified atom stereocenters. The zero-order valence-electron chi connectivity index (χ0n) is 3.71. The molecular formula is C2H3BO4. The second kappa shape index (κ2) is 3.33. The van der Waals surface area contributed by atoms with Gasteiger partial charge in [0.1, 0.15) is 0 Å². The van der Waals surface area contributed by atoms with Crippen LogP contribution in [0.2, 0.25) is 0 Å². The SMILES string of the molecule is CC(=O)OOB=O. The standard InChI is InChI=1S/C2H3BO4/c1-2(4)6-7-3-5/h1H3. The van der Waals surface area contributed by atoms with E-state index in [0.29, 0.717) is 0 Å². The van der Waals surface area contributed by atoms with Gasteiger partial charge in [0.2, 0.25) is 0 Å². The number of carbonyl (C=O) groups is 1. The summed E-state index contributed by atoms with van der Waals surface area (Å²) in [4.78, 5) is 16.9. The molecular weight excluding hydrogens is 98.8 g/mol. The van der Waals surface area contributed by atoms with E-state index in [4.69, 9.17) is 0 Å². The topological polar surface area (TPSA) is 52.6 Å². The predicted molar refractivity (Wildman–Crippen MR) is 19.3 cm³/mol. The van der Waals surface area contributed by atoms with Crippen LogP contribution < -0.4 is 0 Å². The second-order valence-electron chi connectivity index (χ2n) is 0.767. The molecule has 7 heavy (non-hydrogen) atoms. The van der Waals surface area contributed by atoms with E-state index >= 15 is 0 Å². The van der Waals surface area contributed by atoms with Crippen LogP contribution in [0, 0.1) is 0 Å². The maximum absolute atomic E-state index is 9.70. The molecule has 0 aromatic rings. The fraction of sp³-hybridized carbons (Fsp3) is 0.500. The van der Waals surface area contributed by atoms with Crippen LogP contribution in [0.15, 0.2) is 0 Å². The van der Waals surface area contributed by atoms with E-state index in [9.17, 15) is 9.50 Å². The van der Waals surface area contributed by atoms with E-state index in [-0.39, 0.29) is 7.35 Å². The summed E-state index contributed by atoms with van der Waals surface area (Å²) in [5.41, 5.74) is 0. The Balaban J connectivity index is 2.97. The van der Waals surface area contributed by atoms with Gasteiger partial charge in [-0.15, -0.1) is 0 Å². The molecule has 38 valence electrons. The van der Waals surface area contributed by atoms with E-state index < -0.39 is 5.97 Å². The van der Waals surface area contributed by atoms with Gasteiger partial charge in [-0.2, -0.15) is 0 Å². The van der Waals surface area contributed by atoms with Gasteiger partial charge in [-0.25, -0.2) is 0 Å². The van der Waals surface area contributed by atoms with E-state index in [2.05, 4.69) is 9.69 Å². The van der Waals surface area contributed by atoms with E-state index in [1.54, 1.807) is 0 Å². The molecule has 0 aliphatic carbocycles. The summed E-state index contributed by atoms with van der Waals surface area (Å²) in [5.74, 6) is -0.646. The normalized spacial score (nSPS) is 6.43. The Morgan fingerprint density at radius 2 is 2.29 bits per heavy atom. The molecule has 0 aliphatic heterocycles. The number of carbonyl (C=O) groups excluding carboxylic acids is 1. The van der Waals surface area contributed by atoms with Crippen molar-refractivity contribution >= 4 is 13.3 Å². The Kier molecular flexibility index (Phi) is 2.92. The first kappa shape index (κ1) is 6.13. The van der Waals surface area contributed by atoms with Crippen LogP contribution in [-0.2, 0) is 19.2 Å². The van der Waals surface area contributed by atoms with Gasteiger partial charge in [-0.3, -0.25) is 0 Å². The van der Waals surface area contributed by atoms with Crippen LogP contribution in [0.5, 0.6) is 0 Å². The van der Waals surface area contributed by atoms with Crippen molar-refractivity contribution in [3.05, 3.63) is 0 Å². The first-order valence-corrected chi connectivity index (χ1v) is 1.55. The summed E-state index contributed by atoms with van der Waals surface area (Å²) in [6.07, 6.45) is 0. The molecule has 0 atom stereocenters. The number of hydrogen-bond donors (Lipinski definition) is 0. The van der Waals surface area contributed by atoms with Crippen molar-refractivity contribution in [1.82, 2.24) is 0 Å². The van der Waals surface area contributed by atoms with Gasteiger partial charge in [0.15, 0.2) is 0 Å². The van der Waals surface area contributed by atoms with Gasteiger partial charge >= 0.3 is 39.4 Å². The molecule has 0 heterocycles. The number of hydrogen-bond acceptors (Lipinski definition) is 4. The van der Waals surface area contributed by atoms with Gasteiger partial charge < -0.3 is 0 Å². The first-order chi connectivity index (χ1) is 3.27. The van der Waals surface area contributed by atoms with Gasteiger partial charge in [-0.05, 0) is 0 Å². The van der Waals surface area contributed by atoms with Gasteiger partial charge in [-0.1, -0.05) is 0 Å². The summed E-state index contributed by atoms with van der Waals surface area (Å²) in [6.45, 7) is 1.13. The van der Waals surface area contributed by atoms with Gasteiger partial charge in [0.25, 0.3) is 0 Å². The monoisotopic (exact) mass is 102 g/mol. The molecule has 0 amide bonds. The van der Waals surface area contributed by atoms with Crippen LogP contribution in [0.3, 0.4) is 0 Å². The van der Waals surface area contributed by atoms with Crippen molar-refractivity contribution in [2.24, 2.45) is 0 Å². The second-order valence-corrected chi connectivity index (χ2v) is 0.767. The molecule has 0 N–H and O–H groups in total. The quantitative estimate of drug-likeness (QED) is 0.266. The van der Waals surface area contributed by atoms with Crippen LogP contribution >= 0.6 is 0 Å². The summed E-state index contributed by atoms with van der Waals surface area (Å²) in [6, 6.07) is 0. The Morgan fingerprint density at radius 1 is 1.71 bits per heavy atom. The van der Waals surface area contributed by atoms with E-state index in [1.165, 1.54) is 0 Å². The van der Waals surface area contributed by atoms with Gasteiger partial charge in [0, 0.05) is 0 Å². The van der Waals surface area contributed by atoms with Crippen LogP contribution in [-0.4, -0.2) is 13.3 Å². The Hall–Kier alpha value is -0.865. The molecule has 0 aliphatic rings. The van der Waals surface area contributed by atoms with Crippen LogP contribution in [0.4, 0.5) is 0 Å². The van der Waals surface area contributed by atoms with Crippen molar-refractivity contribution in [2.75, 3.05) is 0 Å².